The van der Waals surface area contributed by atoms with Crippen molar-refractivity contribution in [2.24, 2.45) is 0 Å². The third-order valence-corrected chi connectivity index (χ3v) is 3.48. The lowest BCUT2D eigenvalue weighted by molar-refractivity contribution is -0.305. The number of aliphatic carboxylic acids is 1. The lowest BCUT2D eigenvalue weighted by atomic mass is 10.2. The fourth-order valence-electron chi connectivity index (χ4n) is 1.56. The summed E-state index contributed by atoms with van der Waals surface area (Å²) < 4.78 is 0. The summed E-state index contributed by atoms with van der Waals surface area (Å²) in [4.78, 5) is 14.6. The number of aromatic amines is 1. The molecule has 1 aromatic heterocycles. The second kappa shape index (κ2) is 5.07. The van der Waals surface area contributed by atoms with E-state index in [1.54, 1.807) is 11.8 Å². The number of nitrogens with one attached hydrogen (secondary N) is 1. The Kier molecular flexibility index (Phi) is 3.51. The number of benzene rings is 1. The maximum Gasteiger partial charge on any atom is 0.0465 e. The summed E-state index contributed by atoms with van der Waals surface area (Å²) in [5.74, 6) is -0.171. The minimum atomic E-state index is -0.973. The predicted octanol–water partition coefficient (Wildman–Crippen LogP) is 1.79. The van der Waals surface area contributed by atoms with E-state index >= 15 is 0 Å². The van der Waals surface area contributed by atoms with E-state index in [4.69, 9.17) is 0 Å². The Morgan fingerprint density at radius 2 is 2.19 bits per heavy atom. The number of carbonyl (C=O) groups excluding carboxylic acids is 1. The lowest BCUT2D eigenvalue weighted by Gasteiger charge is -2.01. The molecule has 3 nitrogen and oxygen atoms in total. The third-order valence-electron chi connectivity index (χ3n) is 2.33. The van der Waals surface area contributed by atoms with E-state index in [1.165, 1.54) is 10.3 Å². The van der Waals surface area contributed by atoms with Crippen LogP contribution in [-0.4, -0.2) is 16.7 Å². The van der Waals surface area contributed by atoms with E-state index in [9.17, 15) is 9.90 Å². The molecule has 16 heavy (non-hydrogen) atoms. The number of fused-ring (bicyclic) bond motifs is 1. The van der Waals surface area contributed by atoms with Gasteiger partial charge in [0.25, 0.3) is 0 Å². The van der Waals surface area contributed by atoms with E-state index in [-0.39, 0.29) is 6.42 Å². The van der Waals surface area contributed by atoms with Gasteiger partial charge >= 0.3 is 0 Å². The molecule has 4 heteroatoms. The Bertz CT molecular complexity index is 492. The van der Waals surface area contributed by atoms with Crippen LogP contribution in [0.1, 0.15) is 12.8 Å². The zero-order valence-corrected chi connectivity index (χ0v) is 9.55. The van der Waals surface area contributed by atoms with E-state index in [1.807, 2.05) is 24.4 Å². The number of carboxylic acids is 1. The first-order chi connectivity index (χ1) is 7.77. The van der Waals surface area contributed by atoms with Crippen LogP contribution in [0, 0.1) is 0 Å². The van der Waals surface area contributed by atoms with Crippen LogP contribution in [0.3, 0.4) is 0 Å². The van der Waals surface area contributed by atoms with E-state index in [0.717, 1.165) is 11.3 Å². The molecule has 1 aromatic carbocycles. The minimum Gasteiger partial charge on any atom is -0.550 e. The predicted molar refractivity (Wildman–Crippen MR) is 63.3 cm³/mol. The van der Waals surface area contributed by atoms with Crippen LogP contribution in [0.15, 0.2) is 35.4 Å². The maximum absolute atomic E-state index is 10.2. The number of hydrogen-bond donors (Lipinski definition) is 1. The number of rotatable bonds is 5. The first-order valence-corrected chi connectivity index (χ1v) is 6.14. The molecule has 0 fully saturated rings. The van der Waals surface area contributed by atoms with Crippen LogP contribution >= 0.6 is 11.8 Å². The van der Waals surface area contributed by atoms with Gasteiger partial charge in [0.1, 0.15) is 0 Å². The van der Waals surface area contributed by atoms with Crippen molar-refractivity contribution in [2.75, 3.05) is 5.75 Å². The largest absolute Gasteiger partial charge is 0.550 e. The zero-order valence-electron chi connectivity index (χ0n) is 8.73. The molecule has 0 unspecified atom stereocenters. The minimum absolute atomic E-state index is 0.134. The number of carboxylic acid groups (broad SMARTS) is 1. The smallest absolute Gasteiger partial charge is 0.0465 e. The van der Waals surface area contributed by atoms with Gasteiger partial charge in [0.15, 0.2) is 0 Å². The molecule has 0 amide bonds. The Morgan fingerprint density at radius 3 is 3.00 bits per heavy atom. The summed E-state index contributed by atoms with van der Waals surface area (Å²) in [6, 6.07) is 8.08. The Hall–Kier alpha value is -1.42. The highest BCUT2D eigenvalue weighted by molar-refractivity contribution is 7.99. The number of hydrogen-bond acceptors (Lipinski definition) is 3. The third kappa shape index (κ3) is 2.58. The van der Waals surface area contributed by atoms with Crippen LogP contribution in [0.4, 0.5) is 0 Å². The number of thioether (sulfide) groups is 1. The standard InChI is InChI=1S/C12H13NO2S/c14-12(15)6-3-7-16-11-8-13-10-5-2-1-4-9(10)11/h1-2,4-5,8,13H,3,6-7H2,(H,14,15)/p-1. The van der Waals surface area contributed by atoms with Crippen LogP contribution in [0.5, 0.6) is 0 Å². The van der Waals surface area contributed by atoms with Crippen LogP contribution in [0.2, 0.25) is 0 Å². The van der Waals surface area contributed by atoms with Gasteiger partial charge in [0.2, 0.25) is 0 Å². The van der Waals surface area contributed by atoms with Crippen LogP contribution in [-0.2, 0) is 4.79 Å². The lowest BCUT2D eigenvalue weighted by Crippen LogP contribution is -2.21. The van der Waals surface area contributed by atoms with Gasteiger partial charge in [-0.3, -0.25) is 0 Å². The first kappa shape index (κ1) is 11.1. The average molecular weight is 234 g/mol. The topological polar surface area (TPSA) is 55.9 Å². The summed E-state index contributed by atoms with van der Waals surface area (Å²) >= 11 is 1.68. The molecule has 2 rings (SSSR count). The summed E-state index contributed by atoms with van der Waals surface area (Å²) in [5.41, 5.74) is 1.12. The summed E-state index contributed by atoms with van der Waals surface area (Å²) in [6.45, 7) is 0. The van der Waals surface area contributed by atoms with Crippen molar-refractivity contribution in [3.05, 3.63) is 30.5 Å². The van der Waals surface area contributed by atoms with Crippen molar-refractivity contribution in [3.63, 3.8) is 0 Å². The summed E-state index contributed by atoms with van der Waals surface area (Å²) in [5, 5.41) is 11.4. The maximum atomic E-state index is 10.2. The van der Waals surface area contributed by atoms with Gasteiger partial charge in [-0.1, -0.05) is 18.2 Å². The fraction of sp³-hybridized carbons (Fsp3) is 0.250. The molecule has 0 bridgehead atoms. The molecule has 0 aliphatic carbocycles. The molecular weight excluding hydrogens is 222 g/mol. The molecule has 0 aliphatic rings. The van der Waals surface area contributed by atoms with Crippen molar-refractivity contribution in [3.8, 4) is 0 Å². The van der Waals surface area contributed by atoms with Gasteiger partial charge in [-0.05, 0) is 24.7 Å². The van der Waals surface area contributed by atoms with Crippen LogP contribution in [0.25, 0.3) is 10.9 Å². The average Bonchev–Trinajstić information content (AvgIpc) is 2.68. The van der Waals surface area contributed by atoms with E-state index in [0.29, 0.717) is 6.42 Å². The van der Waals surface area contributed by atoms with Crippen molar-refractivity contribution in [2.45, 2.75) is 17.7 Å². The molecule has 0 atom stereocenters. The van der Waals surface area contributed by atoms with Gasteiger partial charge in [0.05, 0.1) is 0 Å². The zero-order chi connectivity index (χ0) is 11.4. The van der Waals surface area contributed by atoms with E-state index < -0.39 is 5.97 Å². The van der Waals surface area contributed by atoms with E-state index in [2.05, 4.69) is 11.1 Å². The normalized spacial score (nSPS) is 10.8. The van der Waals surface area contributed by atoms with Crippen molar-refractivity contribution < 1.29 is 9.90 Å². The molecule has 1 heterocycles. The van der Waals surface area contributed by atoms with Crippen LogP contribution < -0.4 is 5.11 Å². The highest BCUT2D eigenvalue weighted by Crippen LogP contribution is 2.28. The first-order valence-electron chi connectivity index (χ1n) is 5.16. The number of aromatic nitrogens is 1. The van der Waals surface area contributed by atoms with Crippen molar-refractivity contribution in [1.29, 1.82) is 0 Å². The van der Waals surface area contributed by atoms with Gasteiger partial charge in [0, 0.05) is 28.0 Å². The molecule has 0 saturated heterocycles. The molecule has 0 aliphatic heterocycles. The summed E-state index contributed by atoms with van der Waals surface area (Å²) in [7, 11) is 0. The highest BCUT2D eigenvalue weighted by atomic mass is 32.2. The number of carbonyl (C=O) groups is 1. The number of H-pyrrole nitrogens is 1. The number of para-hydroxylation sites is 1. The van der Waals surface area contributed by atoms with Gasteiger partial charge in [-0.15, -0.1) is 11.8 Å². The molecule has 84 valence electrons. The quantitative estimate of drug-likeness (QED) is 0.634. The fourth-order valence-corrected chi connectivity index (χ4v) is 2.55. The molecular formula is C12H12NO2S-. The molecule has 0 saturated carbocycles. The van der Waals surface area contributed by atoms with Gasteiger partial charge in [-0.2, -0.15) is 0 Å². The van der Waals surface area contributed by atoms with Gasteiger partial charge < -0.3 is 14.9 Å². The molecule has 2 aromatic rings. The Balaban J connectivity index is 1.97. The molecule has 0 spiro atoms. The molecule has 1 N–H and O–H groups in total. The van der Waals surface area contributed by atoms with Crippen molar-refractivity contribution >= 4 is 28.6 Å². The molecule has 0 radical (unpaired) electrons. The highest BCUT2D eigenvalue weighted by Gasteiger charge is 2.02. The second-order valence-electron chi connectivity index (χ2n) is 3.52. The SMILES string of the molecule is O=C([O-])CCCSc1c[nH]c2ccccc12. The van der Waals surface area contributed by atoms with Crippen molar-refractivity contribution in [1.82, 2.24) is 4.98 Å². The Morgan fingerprint density at radius 1 is 1.38 bits per heavy atom. The monoisotopic (exact) mass is 234 g/mol. The summed E-state index contributed by atoms with van der Waals surface area (Å²) in [6.07, 6.45) is 2.75. The second-order valence-corrected chi connectivity index (χ2v) is 4.66. The Labute approximate surface area is 97.9 Å². The van der Waals surface area contributed by atoms with Gasteiger partial charge in [-0.25, -0.2) is 0 Å².